The average molecular weight is 187 g/mol. The number of hydrogen-bond donors (Lipinski definition) is 1. The summed E-state index contributed by atoms with van der Waals surface area (Å²) in [5.74, 6) is -0.300. The Kier molecular flexibility index (Phi) is 2.75. The molecule has 1 fully saturated rings. The quantitative estimate of drug-likeness (QED) is 0.664. The van der Waals surface area contributed by atoms with Crippen LogP contribution in [-0.2, 0) is 4.79 Å². The topological polar surface area (TPSA) is 57.6 Å². The van der Waals surface area contributed by atoms with E-state index in [9.17, 15) is 9.59 Å². The maximum Gasteiger partial charge on any atom is 0.332 e. The van der Waals surface area contributed by atoms with Crippen LogP contribution in [0.15, 0.2) is 12.2 Å². The Labute approximate surface area is 74.2 Å². The third kappa shape index (κ3) is 2.01. The van der Waals surface area contributed by atoms with Gasteiger partial charge in [-0.3, -0.25) is 4.79 Å². The van der Waals surface area contributed by atoms with Crippen molar-refractivity contribution in [3.05, 3.63) is 12.2 Å². The lowest BCUT2D eigenvalue weighted by Crippen LogP contribution is -2.27. The molecule has 0 spiro atoms. The molecule has 0 aromatic rings. The van der Waals surface area contributed by atoms with Crippen molar-refractivity contribution in [2.45, 2.75) is 0 Å². The number of amides is 1. The zero-order valence-corrected chi connectivity index (χ0v) is 7.26. The minimum Gasteiger partial charge on any atom is -0.478 e. The molecule has 0 saturated carbocycles. The standard InChI is InChI=1S/C7H9NO3S/c1-5(6(9)10)4-8-2-3-12-7(8)11/h1-4H2,(H,9,10). The number of carboxylic acids is 1. The number of nitrogens with zero attached hydrogens (tertiary/aromatic N) is 1. The summed E-state index contributed by atoms with van der Waals surface area (Å²) < 4.78 is 0. The molecule has 1 amide bonds. The zero-order valence-electron chi connectivity index (χ0n) is 6.45. The third-order valence-corrected chi connectivity index (χ3v) is 2.42. The Morgan fingerprint density at radius 1 is 1.75 bits per heavy atom. The van der Waals surface area contributed by atoms with Gasteiger partial charge in [-0.1, -0.05) is 18.3 Å². The monoisotopic (exact) mass is 187 g/mol. The Bertz CT molecular complexity index is 239. The normalized spacial score (nSPS) is 16.7. The largest absolute Gasteiger partial charge is 0.478 e. The molecule has 0 aliphatic carbocycles. The van der Waals surface area contributed by atoms with Gasteiger partial charge in [0.1, 0.15) is 0 Å². The molecule has 1 rings (SSSR count). The third-order valence-electron chi connectivity index (χ3n) is 1.53. The average Bonchev–Trinajstić information content (AvgIpc) is 2.36. The first-order valence-electron chi connectivity index (χ1n) is 3.44. The molecule has 4 nitrogen and oxygen atoms in total. The van der Waals surface area contributed by atoms with Crippen molar-refractivity contribution in [1.29, 1.82) is 0 Å². The molecule has 1 aliphatic rings. The first-order valence-corrected chi connectivity index (χ1v) is 4.42. The molecule has 0 aromatic carbocycles. The van der Waals surface area contributed by atoms with Gasteiger partial charge in [0, 0.05) is 17.9 Å². The minimum atomic E-state index is -1.04. The number of thioether (sulfide) groups is 1. The molecular weight excluding hydrogens is 178 g/mol. The number of carbonyl (C=O) groups is 2. The van der Waals surface area contributed by atoms with Crippen molar-refractivity contribution in [3.8, 4) is 0 Å². The summed E-state index contributed by atoms with van der Waals surface area (Å²) >= 11 is 1.21. The maximum absolute atomic E-state index is 11.0. The Morgan fingerprint density at radius 2 is 2.42 bits per heavy atom. The highest BCUT2D eigenvalue weighted by molar-refractivity contribution is 8.13. The van der Waals surface area contributed by atoms with Crippen molar-refractivity contribution < 1.29 is 14.7 Å². The van der Waals surface area contributed by atoms with Crippen LogP contribution in [0.5, 0.6) is 0 Å². The van der Waals surface area contributed by atoms with Gasteiger partial charge in [-0.15, -0.1) is 0 Å². The highest BCUT2D eigenvalue weighted by Crippen LogP contribution is 2.17. The van der Waals surface area contributed by atoms with Crippen LogP contribution in [0.3, 0.4) is 0 Å². The fourth-order valence-electron chi connectivity index (χ4n) is 0.867. The number of rotatable bonds is 3. The number of carboxylic acid groups (broad SMARTS) is 1. The Hall–Kier alpha value is -0.970. The van der Waals surface area contributed by atoms with Crippen molar-refractivity contribution in [2.75, 3.05) is 18.8 Å². The van der Waals surface area contributed by atoms with E-state index < -0.39 is 5.97 Å². The lowest BCUT2D eigenvalue weighted by atomic mass is 10.3. The van der Waals surface area contributed by atoms with Gasteiger partial charge in [0.05, 0.1) is 6.54 Å². The molecule has 1 N–H and O–H groups in total. The van der Waals surface area contributed by atoms with E-state index in [1.165, 1.54) is 16.7 Å². The van der Waals surface area contributed by atoms with Gasteiger partial charge in [0.2, 0.25) is 0 Å². The molecule has 1 aliphatic heterocycles. The smallest absolute Gasteiger partial charge is 0.332 e. The van der Waals surface area contributed by atoms with Crippen LogP contribution in [0.1, 0.15) is 0 Å². The second-order valence-electron chi connectivity index (χ2n) is 2.44. The van der Waals surface area contributed by atoms with E-state index in [0.29, 0.717) is 6.54 Å². The SMILES string of the molecule is C=C(CN1CCSC1=O)C(=O)O. The Morgan fingerprint density at radius 3 is 2.83 bits per heavy atom. The first kappa shape index (κ1) is 9.12. The van der Waals surface area contributed by atoms with Crippen molar-refractivity contribution in [1.82, 2.24) is 4.90 Å². The number of carbonyl (C=O) groups excluding carboxylic acids is 1. The molecule has 0 unspecified atom stereocenters. The second kappa shape index (κ2) is 3.62. The van der Waals surface area contributed by atoms with Crippen LogP contribution < -0.4 is 0 Å². The fraction of sp³-hybridized carbons (Fsp3) is 0.429. The molecule has 5 heteroatoms. The molecule has 0 atom stereocenters. The van der Waals surface area contributed by atoms with E-state index in [4.69, 9.17) is 5.11 Å². The van der Waals surface area contributed by atoms with E-state index in [0.717, 1.165) is 5.75 Å². The van der Waals surface area contributed by atoms with E-state index in [1.54, 1.807) is 0 Å². The van der Waals surface area contributed by atoms with Crippen molar-refractivity contribution in [2.24, 2.45) is 0 Å². The van der Waals surface area contributed by atoms with E-state index in [2.05, 4.69) is 6.58 Å². The summed E-state index contributed by atoms with van der Waals surface area (Å²) in [5, 5.41) is 8.43. The van der Waals surface area contributed by atoms with Crippen LogP contribution in [0.2, 0.25) is 0 Å². The van der Waals surface area contributed by atoms with Gasteiger partial charge < -0.3 is 10.0 Å². The van der Waals surface area contributed by atoms with Gasteiger partial charge in [-0.05, 0) is 0 Å². The number of aliphatic carboxylic acids is 1. The first-order chi connectivity index (χ1) is 5.61. The van der Waals surface area contributed by atoms with Crippen LogP contribution >= 0.6 is 11.8 Å². The van der Waals surface area contributed by atoms with Gasteiger partial charge in [0.25, 0.3) is 5.24 Å². The van der Waals surface area contributed by atoms with E-state index in [1.807, 2.05) is 0 Å². The zero-order chi connectivity index (χ0) is 9.14. The minimum absolute atomic E-state index is 0.0580. The molecule has 1 heterocycles. The lowest BCUT2D eigenvalue weighted by Gasteiger charge is -2.13. The van der Waals surface area contributed by atoms with Gasteiger partial charge in [0.15, 0.2) is 0 Å². The highest BCUT2D eigenvalue weighted by atomic mass is 32.2. The summed E-state index contributed by atoms with van der Waals surface area (Å²) in [6.45, 7) is 4.11. The van der Waals surface area contributed by atoms with Gasteiger partial charge in [-0.2, -0.15) is 0 Å². The molecule has 66 valence electrons. The summed E-state index contributed by atoms with van der Waals surface area (Å²) in [6, 6.07) is 0. The van der Waals surface area contributed by atoms with E-state index >= 15 is 0 Å². The predicted molar refractivity (Wildman–Crippen MR) is 46.2 cm³/mol. The molecule has 12 heavy (non-hydrogen) atoms. The van der Waals surface area contributed by atoms with Crippen LogP contribution in [0.4, 0.5) is 4.79 Å². The fourth-order valence-corrected chi connectivity index (χ4v) is 1.69. The molecule has 1 saturated heterocycles. The van der Waals surface area contributed by atoms with Crippen LogP contribution in [0, 0.1) is 0 Å². The lowest BCUT2D eigenvalue weighted by molar-refractivity contribution is -0.132. The second-order valence-corrected chi connectivity index (χ2v) is 3.49. The maximum atomic E-state index is 11.0. The molecule has 0 radical (unpaired) electrons. The molecular formula is C7H9NO3S. The molecule has 0 aromatic heterocycles. The van der Waals surface area contributed by atoms with Crippen molar-refractivity contribution in [3.63, 3.8) is 0 Å². The predicted octanol–water partition coefficient (Wildman–Crippen LogP) is 0.796. The Balaban J connectivity index is 2.46. The highest BCUT2D eigenvalue weighted by Gasteiger charge is 2.22. The van der Waals surface area contributed by atoms with Gasteiger partial charge >= 0.3 is 5.97 Å². The summed E-state index contributed by atoms with van der Waals surface area (Å²) in [5.41, 5.74) is 0.0610. The summed E-state index contributed by atoms with van der Waals surface area (Å²) in [4.78, 5) is 22.8. The number of hydrogen-bond acceptors (Lipinski definition) is 3. The van der Waals surface area contributed by atoms with E-state index in [-0.39, 0.29) is 17.4 Å². The van der Waals surface area contributed by atoms with Crippen LogP contribution in [0.25, 0.3) is 0 Å². The summed E-state index contributed by atoms with van der Waals surface area (Å²) in [6.07, 6.45) is 0. The molecule has 0 bridgehead atoms. The summed E-state index contributed by atoms with van der Waals surface area (Å²) in [7, 11) is 0. The van der Waals surface area contributed by atoms with Crippen LogP contribution in [-0.4, -0.2) is 40.1 Å². The van der Waals surface area contributed by atoms with Gasteiger partial charge in [-0.25, -0.2) is 4.79 Å². The van der Waals surface area contributed by atoms with Crippen molar-refractivity contribution >= 4 is 23.0 Å².